The first-order valence-electron chi connectivity index (χ1n) is 5.83. The maximum atomic E-state index is 12.2. The highest BCUT2D eigenvalue weighted by atomic mass is 79.9. The van der Waals surface area contributed by atoms with E-state index in [1.807, 2.05) is 36.4 Å². The molecule has 0 saturated carbocycles. The van der Waals surface area contributed by atoms with E-state index >= 15 is 0 Å². The lowest BCUT2D eigenvalue weighted by Gasteiger charge is -2.15. The molecule has 1 aliphatic rings. The van der Waals surface area contributed by atoms with Crippen molar-refractivity contribution in [2.24, 2.45) is 0 Å². The molecule has 0 heterocycles. The number of benzene rings is 2. The van der Waals surface area contributed by atoms with Crippen LogP contribution < -0.4 is 0 Å². The first kappa shape index (κ1) is 12.1. The number of ketones is 2. The number of halogens is 1. The fourth-order valence-corrected chi connectivity index (χ4v) is 2.67. The van der Waals surface area contributed by atoms with Crippen molar-refractivity contribution in [1.29, 1.82) is 0 Å². The summed E-state index contributed by atoms with van der Waals surface area (Å²) >= 11 is 3.41. The topological polar surface area (TPSA) is 34.1 Å². The molecule has 0 atom stereocenters. The third kappa shape index (κ3) is 1.96. The van der Waals surface area contributed by atoms with Crippen molar-refractivity contribution < 1.29 is 9.59 Å². The van der Waals surface area contributed by atoms with Gasteiger partial charge in [0.25, 0.3) is 0 Å². The number of hydrogen-bond acceptors (Lipinski definition) is 2. The van der Waals surface area contributed by atoms with Crippen LogP contribution in [0.25, 0.3) is 11.6 Å². The summed E-state index contributed by atoms with van der Waals surface area (Å²) in [6.45, 7) is 0. The van der Waals surface area contributed by atoms with Crippen LogP contribution in [-0.2, 0) is 4.79 Å². The van der Waals surface area contributed by atoms with Crippen molar-refractivity contribution in [3.05, 3.63) is 69.7 Å². The second-order valence-electron chi connectivity index (χ2n) is 4.28. The molecule has 2 aromatic carbocycles. The zero-order chi connectivity index (χ0) is 13.4. The predicted octanol–water partition coefficient (Wildman–Crippen LogP) is 3.76. The van der Waals surface area contributed by atoms with Crippen molar-refractivity contribution in [3.8, 4) is 0 Å². The van der Waals surface area contributed by atoms with Crippen molar-refractivity contribution in [1.82, 2.24) is 0 Å². The summed E-state index contributed by atoms with van der Waals surface area (Å²) in [5, 5.41) is 0. The number of Topliss-reactive ketones (excluding diaryl/α,β-unsaturated/α-hetero) is 2. The van der Waals surface area contributed by atoms with Gasteiger partial charge in [0, 0.05) is 15.6 Å². The maximum Gasteiger partial charge on any atom is 0.234 e. The average Bonchev–Trinajstić information content (AvgIpc) is 2.44. The molecule has 2 nitrogen and oxygen atoms in total. The maximum absolute atomic E-state index is 12.2. The SMILES string of the molecule is O=C1C(=O)c2ccccc2C=C1c1ccccc1Br. The van der Waals surface area contributed by atoms with Crippen molar-refractivity contribution in [2.45, 2.75) is 0 Å². The molecule has 0 radical (unpaired) electrons. The molecule has 0 bridgehead atoms. The van der Waals surface area contributed by atoms with Crippen LogP contribution in [0.5, 0.6) is 0 Å². The first-order chi connectivity index (χ1) is 9.18. The molecule has 0 saturated heterocycles. The lowest BCUT2D eigenvalue weighted by atomic mass is 9.87. The molecule has 0 aromatic heterocycles. The molecule has 0 spiro atoms. The van der Waals surface area contributed by atoms with Gasteiger partial charge in [-0.2, -0.15) is 0 Å². The van der Waals surface area contributed by atoms with Crippen LogP contribution in [0, 0.1) is 0 Å². The fraction of sp³-hybridized carbons (Fsp3) is 0. The molecule has 0 unspecified atom stereocenters. The lowest BCUT2D eigenvalue weighted by molar-refractivity contribution is -0.110. The van der Waals surface area contributed by atoms with Gasteiger partial charge in [-0.05, 0) is 23.3 Å². The Labute approximate surface area is 118 Å². The molecule has 92 valence electrons. The number of fused-ring (bicyclic) bond motifs is 1. The third-order valence-electron chi connectivity index (χ3n) is 3.12. The molecule has 0 fully saturated rings. The summed E-state index contributed by atoms with van der Waals surface area (Å²) in [7, 11) is 0. The molecule has 0 aliphatic heterocycles. The Morgan fingerprint density at radius 2 is 1.37 bits per heavy atom. The van der Waals surface area contributed by atoms with Gasteiger partial charge in [-0.15, -0.1) is 0 Å². The van der Waals surface area contributed by atoms with E-state index in [-0.39, 0.29) is 0 Å². The standard InChI is InChI=1S/C16H9BrO2/c17-14-8-4-3-7-12(14)13-9-10-5-1-2-6-11(10)15(18)16(13)19/h1-9H. The van der Waals surface area contributed by atoms with Gasteiger partial charge in [0.15, 0.2) is 0 Å². The first-order valence-corrected chi connectivity index (χ1v) is 6.62. The summed E-state index contributed by atoms with van der Waals surface area (Å²) in [6.07, 6.45) is 1.78. The normalized spacial score (nSPS) is 14.1. The van der Waals surface area contributed by atoms with E-state index in [4.69, 9.17) is 0 Å². The largest absolute Gasteiger partial charge is 0.285 e. The van der Waals surface area contributed by atoms with Gasteiger partial charge >= 0.3 is 0 Å². The number of carbonyl (C=O) groups excluding carboxylic acids is 2. The quantitative estimate of drug-likeness (QED) is 0.751. The number of allylic oxidation sites excluding steroid dienone is 1. The summed E-state index contributed by atoms with van der Waals surface area (Å²) in [6, 6.07) is 14.6. The minimum atomic E-state index is -0.453. The molecule has 2 aromatic rings. The lowest BCUT2D eigenvalue weighted by Crippen LogP contribution is -2.20. The van der Waals surface area contributed by atoms with Gasteiger partial charge in [0.2, 0.25) is 11.6 Å². The number of carbonyl (C=O) groups is 2. The van der Waals surface area contributed by atoms with E-state index in [0.29, 0.717) is 11.1 Å². The van der Waals surface area contributed by atoms with E-state index in [0.717, 1.165) is 15.6 Å². The Morgan fingerprint density at radius 1 is 0.737 bits per heavy atom. The molecule has 3 heteroatoms. The highest BCUT2D eigenvalue weighted by Gasteiger charge is 2.28. The molecule has 1 aliphatic carbocycles. The highest BCUT2D eigenvalue weighted by Crippen LogP contribution is 2.31. The van der Waals surface area contributed by atoms with E-state index in [1.54, 1.807) is 18.2 Å². The van der Waals surface area contributed by atoms with Crippen LogP contribution >= 0.6 is 15.9 Å². The number of rotatable bonds is 1. The number of hydrogen-bond donors (Lipinski definition) is 0. The summed E-state index contributed by atoms with van der Waals surface area (Å²) in [5.74, 6) is -0.894. The predicted molar refractivity (Wildman–Crippen MR) is 77.8 cm³/mol. The molecular weight excluding hydrogens is 304 g/mol. The zero-order valence-corrected chi connectivity index (χ0v) is 11.5. The van der Waals surface area contributed by atoms with E-state index < -0.39 is 11.6 Å². The Morgan fingerprint density at radius 3 is 2.11 bits per heavy atom. The molecule has 0 N–H and O–H groups in total. The van der Waals surface area contributed by atoms with Crippen LogP contribution in [0.3, 0.4) is 0 Å². The Kier molecular flexibility index (Phi) is 2.91. The Balaban J connectivity index is 2.24. The van der Waals surface area contributed by atoms with E-state index in [1.165, 1.54) is 0 Å². The highest BCUT2D eigenvalue weighted by molar-refractivity contribution is 9.10. The second kappa shape index (κ2) is 4.59. The molecule has 19 heavy (non-hydrogen) atoms. The van der Waals surface area contributed by atoms with Gasteiger partial charge < -0.3 is 0 Å². The summed E-state index contributed by atoms with van der Waals surface area (Å²) < 4.78 is 0.807. The Bertz CT molecular complexity index is 729. The smallest absolute Gasteiger partial charge is 0.234 e. The average molecular weight is 313 g/mol. The van der Waals surface area contributed by atoms with Crippen LogP contribution in [0.4, 0.5) is 0 Å². The molecular formula is C16H9BrO2. The van der Waals surface area contributed by atoms with Crippen LogP contribution in [0.1, 0.15) is 21.5 Å². The van der Waals surface area contributed by atoms with Crippen molar-refractivity contribution in [2.75, 3.05) is 0 Å². The summed E-state index contributed by atoms with van der Waals surface area (Å²) in [5.41, 5.74) is 2.45. The van der Waals surface area contributed by atoms with Crippen molar-refractivity contribution in [3.63, 3.8) is 0 Å². The third-order valence-corrected chi connectivity index (χ3v) is 3.81. The zero-order valence-electron chi connectivity index (χ0n) is 9.89. The van der Waals surface area contributed by atoms with Crippen molar-refractivity contribution >= 4 is 39.1 Å². The van der Waals surface area contributed by atoms with Crippen LogP contribution in [-0.4, -0.2) is 11.6 Å². The Hall–Kier alpha value is -2.00. The van der Waals surface area contributed by atoms with Gasteiger partial charge in [-0.25, -0.2) is 0 Å². The molecule has 0 amide bonds. The minimum absolute atomic E-state index is 0.441. The monoisotopic (exact) mass is 312 g/mol. The van der Waals surface area contributed by atoms with E-state index in [2.05, 4.69) is 15.9 Å². The van der Waals surface area contributed by atoms with E-state index in [9.17, 15) is 9.59 Å². The van der Waals surface area contributed by atoms with Crippen LogP contribution in [0.15, 0.2) is 53.0 Å². The second-order valence-corrected chi connectivity index (χ2v) is 5.14. The summed E-state index contributed by atoms with van der Waals surface area (Å²) in [4.78, 5) is 24.3. The minimum Gasteiger partial charge on any atom is -0.285 e. The molecule has 3 rings (SSSR count). The van der Waals surface area contributed by atoms with Gasteiger partial charge in [0.1, 0.15) is 0 Å². The van der Waals surface area contributed by atoms with Gasteiger partial charge in [-0.3, -0.25) is 9.59 Å². The fourth-order valence-electron chi connectivity index (χ4n) is 2.18. The van der Waals surface area contributed by atoms with Gasteiger partial charge in [0.05, 0.1) is 0 Å². The van der Waals surface area contributed by atoms with Crippen LogP contribution in [0.2, 0.25) is 0 Å². The van der Waals surface area contributed by atoms with Gasteiger partial charge in [-0.1, -0.05) is 58.4 Å².